The van der Waals surface area contributed by atoms with Crippen molar-refractivity contribution in [1.82, 2.24) is 34.9 Å². The maximum absolute atomic E-state index is 12.2. The second-order valence-corrected chi connectivity index (χ2v) is 32.4. The summed E-state index contributed by atoms with van der Waals surface area (Å²) >= 11 is 0. The fourth-order valence-corrected chi connectivity index (χ4v) is 16.2. The van der Waals surface area contributed by atoms with Crippen LogP contribution in [0, 0.1) is 0 Å². The highest BCUT2D eigenvalue weighted by Crippen LogP contribution is 2.39. The number of nitrogens with two attached hydrogens (primary N) is 1. The third-order valence-corrected chi connectivity index (χ3v) is 22.1. The van der Waals surface area contributed by atoms with Crippen LogP contribution in [0.25, 0.3) is 153 Å². The number of aromatic nitrogens is 7. The van der Waals surface area contributed by atoms with Gasteiger partial charge in [0.25, 0.3) is 0 Å². The molecule has 0 fully saturated rings. The van der Waals surface area contributed by atoms with Gasteiger partial charge >= 0.3 is 6.09 Å². The van der Waals surface area contributed by atoms with Crippen LogP contribution in [0.1, 0.15) is 27.7 Å². The van der Waals surface area contributed by atoms with Crippen molar-refractivity contribution in [3.05, 3.63) is 413 Å². The first-order chi connectivity index (χ1) is 64.2. The maximum atomic E-state index is 12.2. The molecule has 0 spiro atoms. The Kier molecular flexibility index (Phi) is 27.8. The van der Waals surface area contributed by atoms with Gasteiger partial charge in [0.2, 0.25) is 0 Å². The van der Waals surface area contributed by atoms with Gasteiger partial charge in [-0.1, -0.05) is 297 Å². The van der Waals surface area contributed by atoms with Crippen LogP contribution in [0.15, 0.2) is 413 Å². The molecule has 0 unspecified atom stereocenters. The Morgan fingerprint density at radius 1 is 0.303 bits per heavy atom. The molecule has 0 saturated carbocycles. The van der Waals surface area contributed by atoms with Crippen LogP contribution in [0.2, 0.25) is 0 Å². The van der Waals surface area contributed by atoms with Gasteiger partial charge in [-0.15, -0.1) is 19.0 Å². The number of hydrogen-bond donors (Lipinski definition) is 6. The van der Waals surface area contributed by atoms with Crippen LogP contribution >= 0.6 is 12.4 Å². The Bertz CT molecular complexity index is 7530. The maximum Gasteiger partial charge on any atom is 0.412 e. The molecule has 0 saturated heterocycles. The van der Waals surface area contributed by atoms with Crippen LogP contribution in [0.3, 0.4) is 0 Å². The summed E-state index contributed by atoms with van der Waals surface area (Å²) in [5.74, 6) is 0. The minimum Gasteiger partial charge on any atom is -0.444 e. The van der Waals surface area contributed by atoms with E-state index in [1.807, 2.05) is 245 Å². The number of pyridine rings is 7. The zero-order valence-corrected chi connectivity index (χ0v) is 75.0. The molecule has 0 aliphatic carbocycles. The number of nitrogen functional groups attached to an aromatic ring is 1. The van der Waals surface area contributed by atoms with Crippen molar-refractivity contribution >= 4 is 222 Å². The summed E-state index contributed by atoms with van der Waals surface area (Å²) in [7, 11) is 4.16. The quantitative estimate of drug-likeness (QED) is 0.0526. The van der Waals surface area contributed by atoms with Crippen molar-refractivity contribution in [2.75, 3.05) is 64.4 Å². The van der Waals surface area contributed by atoms with Gasteiger partial charge in [-0.3, -0.25) is 5.32 Å². The van der Waals surface area contributed by atoms with E-state index in [-0.39, 0.29) is 12.4 Å². The molecule has 7 heterocycles. The lowest BCUT2D eigenvalue weighted by Gasteiger charge is -2.20. The van der Waals surface area contributed by atoms with E-state index in [0.717, 1.165) is 184 Å². The molecule has 0 aliphatic rings. The number of hydrogen-bond acceptors (Lipinski definition) is 15. The van der Waals surface area contributed by atoms with Crippen LogP contribution < -0.4 is 37.2 Å². The van der Waals surface area contributed by atoms with E-state index in [1.54, 1.807) is 0 Å². The van der Waals surface area contributed by atoms with Gasteiger partial charge < -0.3 is 36.6 Å². The van der Waals surface area contributed by atoms with E-state index < -0.39 is 11.7 Å². The van der Waals surface area contributed by atoms with E-state index in [4.69, 9.17) is 25.4 Å². The molecule has 17 heteroatoms. The van der Waals surface area contributed by atoms with E-state index in [1.165, 1.54) is 32.9 Å². The van der Waals surface area contributed by atoms with Gasteiger partial charge in [0.15, 0.2) is 0 Å². The van der Waals surface area contributed by atoms with Gasteiger partial charge in [-0.2, -0.15) is 0 Å². The zero-order chi connectivity index (χ0) is 90.0. The lowest BCUT2D eigenvalue weighted by molar-refractivity contribution is 0.0636. The number of carbonyl (C=O) groups is 1. The first-order valence-electron chi connectivity index (χ1n) is 43.8. The average Bonchev–Trinajstić information content (AvgIpc) is 0.858. The number of fused-ring (bicyclic) bond motifs is 14. The number of nitrogens with zero attached hydrogens (tertiary/aromatic N) is 8. The lowest BCUT2D eigenvalue weighted by Crippen LogP contribution is -2.27. The number of halogens is 1. The largest absolute Gasteiger partial charge is 0.444 e. The fraction of sp³-hybridized carbons (Fsp3) is 0.0783. The first-order valence-corrected chi connectivity index (χ1v) is 43.8. The highest BCUT2D eigenvalue weighted by atomic mass is 35.5. The Hall–Kier alpha value is -16.7. The summed E-state index contributed by atoms with van der Waals surface area (Å²) in [6, 6.07) is 134. The number of rotatable bonds is 11. The summed E-state index contributed by atoms with van der Waals surface area (Å²) in [5, 5.41) is 32.3. The molecule has 1 amide bonds. The SMILES string of the molecule is C=CCNc1c2ccccc2nc2ccccc12.CC(C)(C)OC(=O)Nc1c2ccccc2nc2ccccc12.CCNc1c2ccccc2nc2ccccc12.CN(C)c1c2ccccc2nc2ccccc12.Cl.Nc1c2ccccc2nc2ccccc12.c1ccc(Nc2c3ccccc3nc3ccccc23)cc1.c1ccc(Nc2c3ccccc3nc3ccccc23)cc1. The molecule has 648 valence electrons. The summed E-state index contributed by atoms with van der Waals surface area (Å²) in [6.45, 7) is 13.1. The number of benzene rings is 16. The van der Waals surface area contributed by atoms with Crippen molar-refractivity contribution in [2.45, 2.75) is 33.3 Å². The van der Waals surface area contributed by atoms with Gasteiger partial charge in [-0.25, -0.2) is 39.7 Å². The van der Waals surface area contributed by atoms with Crippen LogP contribution in [-0.4, -0.2) is 73.8 Å². The smallest absolute Gasteiger partial charge is 0.412 e. The minimum atomic E-state index is -0.539. The normalized spacial score (nSPS) is 10.9. The molecule has 0 atom stereocenters. The molecule has 23 aromatic rings. The van der Waals surface area contributed by atoms with Crippen LogP contribution in [0.4, 0.5) is 56.0 Å². The number of nitrogens with one attached hydrogen (secondary N) is 5. The molecule has 7 aromatic heterocycles. The Morgan fingerprint density at radius 2 is 0.508 bits per heavy atom. The second kappa shape index (κ2) is 41.4. The van der Waals surface area contributed by atoms with Crippen LogP contribution in [-0.2, 0) is 4.74 Å². The van der Waals surface area contributed by atoms with Crippen molar-refractivity contribution in [2.24, 2.45) is 0 Å². The van der Waals surface area contributed by atoms with Crippen LogP contribution in [0.5, 0.6) is 0 Å². The van der Waals surface area contributed by atoms with E-state index in [2.05, 4.69) is 261 Å². The lowest BCUT2D eigenvalue weighted by atomic mass is 10.1. The van der Waals surface area contributed by atoms with Gasteiger partial charge in [-0.05, 0) is 137 Å². The molecule has 0 aliphatic heterocycles. The third kappa shape index (κ3) is 20.3. The van der Waals surface area contributed by atoms with E-state index >= 15 is 0 Å². The Balaban J connectivity index is 0.000000113. The number of carbonyl (C=O) groups excluding carboxylic acids is 1. The summed E-state index contributed by atoms with van der Waals surface area (Å²) in [5.41, 5.74) is 28.9. The molecular formula is C115H99ClN14O2. The van der Waals surface area contributed by atoms with E-state index in [9.17, 15) is 4.79 Å². The molecule has 16 nitrogen and oxygen atoms in total. The van der Waals surface area contributed by atoms with Crippen molar-refractivity contribution < 1.29 is 9.53 Å². The highest BCUT2D eigenvalue weighted by molar-refractivity contribution is 6.15. The van der Waals surface area contributed by atoms with Crippen molar-refractivity contribution in [3.63, 3.8) is 0 Å². The highest BCUT2D eigenvalue weighted by Gasteiger charge is 2.20. The number of amides is 1. The zero-order valence-electron chi connectivity index (χ0n) is 74.2. The minimum absolute atomic E-state index is 0. The molecule has 16 aromatic carbocycles. The van der Waals surface area contributed by atoms with Gasteiger partial charge in [0.1, 0.15) is 5.60 Å². The third-order valence-electron chi connectivity index (χ3n) is 22.1. The topological polar surface area (TPSA) is 206 Å². The standard InChI is InChI=1S/2C19H14N2.C18H18N2O2.C16H14N2.2C15H14N2.C13H10N2.ClH/c2*1-2-8-14(9-3-1)20-19-15-10-4-6-12-17(15)21-18-13-7-5-11-16(18)19;1-18(2,3)22-17(21)20-16-12-8-4-6-10-14(12)19-15-11-7-5-9-13(15)16;1-2-11-17-16-12-7-3-5-9-14(12)18-15-10-6-4-8-13(15)16;1-17(2)15-11-7-3-5-9-13(11)16-14-10-6-4-8-12(14)15;1-2-16-15-11-7-3-5-9-13(11)17-14-10-6-4-8-12(14)15;14-13-9-5-1-3-7-11(9)15-12-8-4-2-6-10(12)13;/h2*1-13H,(H,20,21);4-11H,1-3H3,(H,19,20,21);2-10H,1,11H2,(H,17,18);3-10H,1-2H3;3-10H,2H2,1H3,(H,16,17);1-8H,(H2,14,15);1H. The molecule has 132 heavy (non-hydrogen) atoms. The van der Waals surface area contributed by atoms with E-state index in [0.29, 0.717) is 0 Å². The first kappa shape index (κ1) is 88.7. The van der Waals surface area contributed by atoms with Crippen molar-refractivity contribution in [3.8, 4) is 0 Å². The van der Waals surface area contributed by atoms with Gasteiger partial charge in [0, 0.05) is 114 Å². The average molecular weight is 1740 g/mol. The molecule has 23 rings (SSSR count). The second-order valence-electron chi connectivity index (χ2n) is 32.4. The Labute approximate surface area is 772 Å². The predicted octanol–water partition coefficient (Wildman–Crippen LogP) is 29.6. The monoisotopic (exact) mass is 1740 g/mol. The number of ether oxygens (including phenoxy) is 1. The molecule has 7 N–H and O–H groups in total. The Morgan fingerprint density at radius 3 is 0.750 bits per heavy atom. The number of anilines is 9. The molecular weight excluding hydrogens is 1640 g/mol. The molecule has 0 radical (unpaired) electrons. The van der Waals surface area contributed by atoms with Crippen molar-refractivity contribution in [1.29, 1.82) is 0 Å². The fourth-order valence-electron chi connectivity index (χ4n) is 16.2. The predicted molar refractivity (Wildman–Crippen MR) is 563 cm³/mol. The summed E-state index contributed by atoms with van der Waals surface area (Å²) in [4.78, 5) is 47.0. The van der Waals surface area contributed by atoms with Gasteiger partial charge in [0.05, 0.1) is 117 Å². The molecule has 0 bridgehead atoms. The number of para-hydroxylation sites is 16. The summed E-state index contributed by atoms with van der Waals surface area (Å²) in [6.07, 6.45) is 1.40. The summed E-state index contributed by atoms with van der Waals surface area (Å²) < 4.78 is 5.37.